The number of amides is 1. The maximum absolute atomic E-state index is 12.1. The summed E-state index contributed by atoms with van der Waals surface area (Å²) in [5, 5.41) is 21.0. The summed E-state index contributed by atoms with van der Waals surface area (Å²) in [7, 11) is -4.59. The van der Waals surface area contributed by atoms with Crippen LogP contribution in [0, 0.1) is 0 Å². The summed E-state index contributed by atoms with van der Waals surface area (Å²) in [5.74, 6) is -0.933. The molecule has 1 aromatic carbocycles. The lowest BCUT2D eigenvalue weighted by Gasteiger charge is -2.16. The molecule has 0 aromatic heterocycles. The van der Waals surface area contributed by atoms with Gasteiger partial charge in [-0.3, -0.25) is 18.6 Å². The molecule has 0 saturated carbocycles. The van der Waals surface area contributed by atoms with E-state index in [0.29, 0.717) is 13.0 Å². The Bertz CT molecular complexity index is 856. The molecule has 1 unspecified atom stereocenters. The van der Waals surface area contributed by atoms with Gasteiger partial charge in [-0.1, -0.05) is 70.4 Å². The van der Waals surface area contributed by atoms with Gasteiger partial charge in [0.15, 0.2) is 0 Å². The van der Waals surface area contributed by atoms with Crippen molar-refractivity contribution in [3.05, 3.63) is 29.8 Å². The van der Waals surface area contributed by atoms with E-state index in [-0.39, 0.29) is 18.9 Å². The molecule has 0 bridgehead atoms. The van der Waals surface area contributed by atoms with E-state index >= 15 is 0 Å². The van der Waals surface area contributed by atoms with Crippen molar-refractivity contribution in [2.45, 2.75) is 89.7 Å². The third-order valence-electron chi connectivity index (χ3n) is 5.76. The zero-order valence-corrected chi connectivity index (χ0v) is 23.3. The number of carboxylic acids is 1. The van der Waals surface area contributed by atoms with E-state index in [2.05, 4.69) is 21.3 Å². The zero-order valence-electron chi connectivity index (χ0n) is 22.4. The number of aliphatic hydroxyl groups excluding tert-OH is 1. The van der Waals surface area contributed by atoms with Gasteiger partial charge in [-0.15, -0.1) is 0 Å². The lowest BCUT2D eigenvalue weighted by atomic mass is 10.1. The first-order valence-corrected chi connectivity index (χ1v) is 14.9. The van der Waals surface area contributed by atoms with Crippen molar-refractivity contribution >= 4 is 19.7 Å². The van der Waals surface area contributed by atoms with Crippen LogP contribution in [0.5, 0.6) is 5.75 Å². The lowest BCUT2D eigenvalue weighted by Crippen LogP contribution is -2.35. The molecule has 6 N–H and O–H groups in total. The van der Waals surface area contributed by atoms with E-state index in [1.165, 1.54) is 44.9 Å². The number of aliphatic carboxylic acids is 1. The molecule has 38 heavy (non-hydrogen) atoms. The molecule has 1 rings (SSSR count). The molecule has 0 spiro atoms. The summed E-state index contributed by atoms with van der Waals surface area (Å²) in [6.07, 6.45) is 10.7. The number of ether oxygens (including phenoxy) is 1. The maximum Gasteiger partial charge on any atom is 0.472 e. The number of rotatable bonds is 23. The van der Waals surface area contributed by atoms with Crippen LogP contribution < -0.4 is 15.8 Å². The summed E-state index contributed by atoms with van der Waals surface area (Å²) in [5.41, 5.74) is 6.13. The Labute approximate surface area is 225 Å². The fraction of sp³-hybridized carbons (Fsp3) is 0.692. The van der Waals surface area contributed by atoms with Crippen LogP contribution in [0.15, 0.2) is 24.3 Å². The second-order valence-corrected chi connectivity index (χ2v) is 10.7. The van der Waals surface area contributed by atoms with E-state index in [4.69, 9.17) is 15.6 Å². The van der Waals surface area contributed by atoms with Crippen LogP contribution in [-0.4, -0.2) is 65.5 Å². The molecule has 12 heteroatoms. The molecule has 11 nitrogen and oxygen atoms in total. The molecule has 0 heterocycles. The van der Waals surface area contributed by atoms with Crippen molar-refractivity contribution in [3.63, 3.8) is 0 Å². The number of benzene rings is 1. The fourth-order valence-corrected chi connectivity index (χ4v) is 4.28. The smallest absolute Gasteiger partial charge is 0.472 e. The van der Waals surface area contributed by atoms with Crippen LogP contribution in [-0.2, 0) is 29.6 Å². The van der Waals surface area contributed by atoms with Gasteiger partial charge in [0.2, 0.25) is 5.91 Å². The van der Waals surface area contributed by atoms with E-state index in [1.807, 2.05) is 24.3 Å². The first-order valence-electron chi connectivity index (χ1n) is 13.4. The first kappa shape index (κ1) is 34.0. The molecule has 0 saturated heterocycles. The van der Waals surface area contributed by atoms with Crippen molar-refractivity contribution < 1.29 is 43.0 Å². The van der Waals surface area contributed by atoms with Gasteiger partial charge >= 0.3 is 13.8 Å². The number of phosphoric ester groups is 1. The molecule has 0 aliphatic carbocycles. The molecular formula is C26H45N2O9P. The molecule has 0 fully saturated rings. The number of nitrogens with two attached hydrogens (primary N) is 1. The van der Waals surface area contributed by atoms with Gasteiger partial charge in [0.1, 0.15) is 11.8 Å². The lowest BCUT2D eigenvalue weighted by molar-refractivity contribution is -0.139. The van der Waals surface area contributed by atoms with Gasteiger partial charge in [0.25, 0.3) is 0 Å². The van der Waals surface area contributed by atoms with Gasteiger partial charge in [-0.25, -0.2) is 4.57 Å². The second kappa shape index (κ2) is 20.0. The minimum absolute atomic E-state index is 0.184. The second-order valence-electron chi connectivity index (χ2n) is 9.29. The molecule has 3 atom stereocenters. The molecule has 218 valence electrons. The van der Waals surface area contributed by atoms with Crippen LogP contribution in [0.1, 0.15) is 76.7 Å². The number of phosphoric acid groups is 1. The Balaban J connectivity index is 2.19. The average molecular weight is 561 g/mol. The number of unbranched alkanes of at least 4 members (excludes halogenated alkanes) is 8. The predicted molar refractivity (Wildman–Crippen MR) is 144 cm³/mol. The standard InChI is InChI=1S/C26H45N2O9P/c1-2-3-4-5-6-7-8-9-10-16-35-23-13-11-12-21(17-23)14-15-25(30)28-18-22(29)19-36-38(33,34)37-20-24(27)26(31)32/h11-13,17,22,24,29H,2-10,14-16,18-20,27H2,1H3,(H,28,30)(H,31,32)(H,33,34)/t22-,24-/m1/s1. The Morgan fingerprint density at radius 1 is 1.03 bits per heavy atom. The summed E-state index contributed by atoms with van der Waals surface area (Å²) in [4.78, 5) is 32.2. The Kier molecular flexibility index (Phi) is 17.9. The van der Waals surface area contributed by atoms with Gasteiger partial charge in [0, 0.05) is 13.0 Å². The van der Waals surface area contributed by atoms with E-state index < -0.39 is 39.2 Å². The first-order chi connectivity index (χ1) is 18.1. The Morgan fingerprint density at radius 2 is 1.66 bits per heavy atom. The highest BCUT2D eigenvalue weighted by atomic mass is 31.2. The van der Waals surface area contributed by atoms with Gasteiger partial charge < -0.3 is 30.9 Å². The number of carboxylic acid groups (broad SMARTS) is 1. The van der Waals surface area contributed by atoms with Crippen LogP contribution in [0.3, 0.4) is 0 Å². The summed E-state index contributed by atoms with van der Waals surface area (Å²) in [6, 6.07) is 6.12. The normalized spacial score (nSPS) is 14.4. The minimum atomic E-state index is -4.59. The molecular weight excluding hydrogens is 515 g/mol. The maximum atomic E-state index is 12.1. The van der Waals surface area contributed by atoms with Crippen molar-refractivity contribution in [1.29, 1.82) is 0 Å². The number of carbonyl (C=O) groups is 2. The molecule has 1 aromatic rings. The summed E-state index contributed by atoms with van der Waals surface area (Å²) in [6.45, 7) is 1.36. The third-order valence-corrected chi connectivity index (χ3v) is 6.71. The fourth-order valence-electron chi connectivity index (χ4n) is 3.49. The highest BCUT2D eigenvalue weighted by Crippen LogP contribution is 2.43. The highest BCUT2D eigenvalue weighted by Gasteiger charge is 2.25. The number of aliphatic hydroxyl groups is 1. The molecule has 0 aliphatic rings. The van der Waals surface area contributed by atoms with Crippen molar-refractivity contribution in [2.75, 3.05) is 26.4 Å². The van der Waals surface area contributed by atoms with Crippen molar-refractivity contribution in [1.82, 2.24) is 5.32 Å². The van der Waals surface area contributed by atoms with Gasteiger partial charge in [-0.2, -0.15) is 0 Å². The number of hydrogen-bond acceptors (Lipinski definition) is 8. The molecule has 1 amide bonds. The largest absolute Gasteiger partial charge is 0.494 e. The zero-order chi connectivity index (χ0) is 28.2. The monoisotopic (exact) mass is 560 g/mol. The van der Waals surface area contributed by atoms with Crippen LogP contribution in [0.4, 0.5) is 0 Å². The summed E-state index contributed by atoms with van der Waals surface area (Å²) >= 11 is 0. The predicted octanol–water partition coefficient (Wildman–Crippen LogP) is 3.55. The van der Waals surface area contributed by atoms with Crippen LogP contribution >= 0.6 is 7.82 Å². The van der Waals surface area contributed by atoms with Crippen LogP contribution in [0.25, 0.3) is 0 Å². The Hall–Kier alpha value is -2.01. The van der Waals surface area contributed by atoms with Crippen molar-refractivity contribution in [2.24, 2.45) is 5.73 Å². The van der Waals surface area contributed by atoms with E-state index in [9.17, 15) is 24.2 Å². The quantitative estimate of drug-likeness (QED) is 0.0982. The van der Waals surface area contributed by atoms with Gasteiger partial charge in [-0.05, 0) is 30.5 Å². The van der Waals surface area contributed by atoms with E-state index in [0.717, 1.165) is 24.2 Å². The van der Waals surface area contributed by atoms with E-state index in [1.54, 1.807) is 0 Å². The van der Waals surface area contributed by atoms with Gasteiger partial charge in [0.05, 0.1) is 25.9 Å². The van der Waals surface area contributed by atoms with Crippen LogP contribution in [0.2, 0.25) is 0 Å². The SMILES string of the molecule is CCCCCCCCCCCOc1cccc(CCC(=O)NC[C@@H](O)COP(=O)(O)OC[C@@H](N)C(=O)O)c1. The Morgan fingerprint density at radius 3 is 2.32 bits per heavy atom. The number of hydrogen-bond donors (Lipinski definition) is 5. The third kappa shape index (κ3) is 17.5. The molecule has 0 aliphatic heterocycles. The number of carbonyl (C=O) groups excluding carboxylic acids is 1. The van der Waals surface area contributed by atoms with Crippen molar-refractivity contribution in [3.8, 4) is 5.75 Å². The molecule has 0 radical (unpaired) electrons. The number of aryl methyl sites for hydroxylation is 1. The topological polar surface area (TPSA) is 178 Å². The average Bonchev–Trinajstić information content (AvgIpc) is 2.89. The summed E-state index contributed by atoms with van der Waals surface area (Å²) < 4.78 is 26.6. The highest BCUT2D eigenvalue weighted by molar-refractivity contribution is 7.47. The minimum Gasteiger partial charge on any atom is -0.494 e. The number of nitrogens with one attached hydrogen (secondary N) is 1.